The van der Waals surface area contributed by atoms with Crippen molar-refractivity contribution in [1.29, 1.82) is 0 Å². The fraction of sp³-hybridized carbons (Fsp3) is 0.625. The van der Waals surface area contributed by atoms with Gasteiger partial charge < -0.3 is 0 Å². The standard InChI is InChI=1S/C8H12BrN3OS/c9-7-5-10-11-8(7)12-14(13)6-3-1-2-4-6/h5-6H,1-4H2,(H2,10,11,12). The van der Waals surface area contributed by atoms with Crippen molar-refractivity contribution < 1.29 is 4.21 Å². The lowest BCUT2D eigenvalue weighted by Crippen LogP contribution is -2.18. The second-order valence-electron chi connectivity index (χ2n) is 3.40. The zero-order chi connectivity index (χ0) is 9.97. The van der Waals surface area contributed by atoms with E-state index in [0.717, 1.165) is 17.3 Å². The highest BCUT2D eigenvalue weighted by molar-refractivity contribution is 9.10. The minimum atomic E-state index is -0.986. The molecule has 0 amide bonds. The molecule has 0 radical (unpaired) electrons. The van der Waals surface area contributed by atoms with Crippen LogP contribution in [0.2, 0.25) is 0 Å². The third kappa shape index (κ3) is 2.17. The Morgan fingerprint density at radius 2 is 2.29 bits per heavy atom. The molecular formula is C8H12BrN3OS. The first-order valence-corrected chi connectivity index (χ1v) is 6.64. The summed E-state index contributed by atoms with van der Waals surface area (Å²) < 4.78 is 15.6. The maximum absolute atomic E-state index is 11.8. The van der Waals surface area contributed by atoms with E-state index in [9.17, 15) is 4.21 Å². The highest BCUT2D eigenvalue weighted by atomic mass is 79.9. The van der Waals surface area contributed by atoms with E-state index < -0.39 is 11.0 Å². The number of halogens is 1. The Hall–Kier alpha value is -0.360. The lowest BCUT2D eigenvalue weighted by molar-refractivity contribution is 0.673. The molecule has 0 aliphatic heterocycles. The van der Waals surface area contributed by atoms with Crippen molar-refractivity contribution in [2.24, 2.45) is 0 Å². The number of hydrogen-bond donors (Lipinski definition) is 2. The van der Waals surface area contributed by atoms with E-state index in [1.54, 1.807) is 6.20 Å². The summed E-state index contributed by atoms with van der Waals surface area (Å²) in [6.45, 7) is 0. The highest BCUT2D eigenvalue weighted by Gasteiger charge is 2.22. The second kappa shape index (κ2) is 4.44. The molecule has 2 N–H and O–H groups in total. The molecule has 1 aliphatic carbocycles. The van der Waals surface area contributed by atoms with Crippen molar-refractivity contribution in [3.63, 3.8) is 0 Å². The maximum atomic E-state index is 11.8. The van der Waals surface area contributed by atoms with E-state index in [0.29, 0.717) is 11.1 Å². The van der Waals surface area contributed by atoms with Crippen LogP contribution in [0.1, 0.15) is 25.7 Å². The molecule has 1 fully saturated rings. The van der Waals surface area contributed by atoms with Gasteiger partial charge in [-0.2, -0.15) is 5.10 Å². The average molecular weight is 278 g/mol. The zero-order valence-electron chi connectivity index (χ0n) is 7.62. The number of aromatic nitrogens is 2. The molecule has 14 heavy (non-hydrogen) atoms. The second-order valence-corrected chi connectivity index (χ2v) is 5.72. The molecule has 1 aromatic heterocycles. The van der Waals surface area contributed by atoms with Gasteiger partial charge in [-0.25, -0.2) is 4.21 Å². The van der Waals surface area contributed by atoms with Gasteiger partial charge in [0.05, 0.1) is 15.9 Å². The lowest BCUT2D eigenvalue weighted by atomic mass is 10.4. The monoisotopic (exact) mass is 277 g/mol. The van der Waals surface area contributed by atoms with Gasteiger partial charge in [-0.1, -0.05) is 12.8 Å². The van der Waals surface area contributed by atoms with E-state index in [1.165, 1.54) is 12.8 Å². The molecule has 4 nitrogen and oxygen atoms in total. The highest BCUT2D eigenvalue weighted by Crippen LogP contribution is 2.25. The minimum Gasteiger partial charge on any atom is -0.289 e. The average Bonchev–Trinajstić information content (AvgIpc) is 2.77. The Labute approximate surface area is 93.6 Å². The molecule has 6 heteroatoms. The van der Waals surface area contributed by atoms with Crippen molar-refractivity contribution in [3.05, 3.63) is 10.7 Å². The van der Waals surface area contributed by atoms with Crippen LogP contribution < -0.4 is 4.72 Å². The van der Waals surface area contributed by atoms with Gasteiger partial charge in [0.25, 0.3) is 0 Å². The van der Waals surface area contributed by atoms with Crippen molar-refractivity contribution in [2.45, 2.75) is 30.9 Å². The maximum Gasteiger partial charge on any atom is 0.147 e. The molecule has 0 saturated heterocycles. The molecule has 0 spiro atoms. The van der Waals surface area contributed by atoms with Gasteiger partial charge in [-0.15, -0.1) is 0 Å². The molecule has 2 rings (SSSR count). The van der Waals surface area contributed by atoms with Gasteiger partial charge in [-0.05, 0) is 28.8 Å². The number of aromatic amines is 1. The van der Waals surface area contributed by atoms with Crippen LogP contribution in [0.25, 0.3) is 0 Å². The van der Waals surface area contributed by atoms with Crippen LogP contribution in [0.15, 0.2) is 10.7 Å². The van der Waals surface area contributed by atoms with Crippen molar-refractivity contribution in [1.82, 2.24) is 10.2 Å². The molecule has 1 aliphatic rings. The van der Waals surface area contributed by atoms with Gasteiger partial charge in [0.15, 0.2) is 0 Å². The van der Waals surface area contributed by atoms with E-state index in [-0.39, 0.29) is 0 Å². The van der Waals surface area contributed by atoms with Gasteiger partial charge in [0.2, 0.25) is 0 Å². The predicted octanol–water partition coefficient (Wildman–Crippen LogP) is 2.19. The topological polar surface area (TPSA) is 57.8 Å². The Morgan fingerprint density at radius 1 is 1.57 bits per heavy atom. The third-order valence-electron chi connectivity index (χ3n) is 2.40. The Balaban J connectivity index is 1.97. The van der Waals surface area contributed by atoms with E-state index in [1.807, 2.05) is 0 Å². The SMILES string of the molecule is O=S(Nc1[nH]ncc1Br)C1CCCC1. The lowest BCUT2D eigenvalue weighted by Gasteiger charge is -2.09. The van der Waals surface area contributed by atoms with Crippen LogP contribution in [-0.4, -0.2) is 19.7 Å². The summed E-state index contributed by atoms with van der Waals surface area (Å²) >= 11 is 3.31. The molecule has 1 atom stereocenters. The first-order chi connectivity index (χ1) is 6.77. The normalized spacial score (nSPS) is 19.8. The number of nitrogens with one attached hydrogen (secondary N) is 2. The Bertz CT molecular complexity index is 335. The molecule has 1 heterocycles. The summed E-state index contributed by atoms with van der Waals surface area (Å²) in [5.74, 6) is 0.704. The third-order valence-corrected chi connectivity index (χ3v) is 4.48. The van der Waals surface area contributed by atoms with Crippen molar-refractivity contribution in [3.8, 4) is 0 Å². The van der Waals surface area contributed by atoms with Crippen LogP contribution in [0.5, 0.6) is 0 Å². The van der Waals surface area contributed by atoms with Gasteiger partial charge in [-0.3, -0.25) is 9.82 Å². The number of nitrogens with zero attached hydrogens (tertiary/aromatic N) is 1. The largest absolute Gasteiger partial charge is 0.289 e. The summed E-state index contributed by atoms with van der Waals surface area (Å²) in [4.78, 5) is 0. The fourth-order valence-electron chi connectivity index (χ4n) is 1.63. The van der Waals surface area contributed by atoms with Crippen LogP contribution >= 0.6 is 15.9 Å². The van der Waals surface area contributed by atoms with Gasteiger partial charge in [0, 0.05) is 0 Å². The minimum absolute atomic E-state index is 0.296. The quantitative estimate of drug-likeness (QED) is 0.890. The molecule has 1 unspecified atom stereocenters. The van der Waals surface area contributed by atoms with Crippen LogP contribution in [0.3, 0.4) is 0 Å². The Kier molecular flexibility index (Phi) is 3.22. The molecule has 1 aromatic rings. The summed E-state index contributed by atoms with van der Waals surface area (Å²) in [5.41, 5.74) is 0. The first kappa shape index (κ1) is 10.2. The number of rotatable bonds is 3. The number of H-pyrrole nitrogens is 1. The molecule has 78 valence electrons. The van der Waals surface area contributed by atoms with Crippen LogP contribution in [0, 0.1) is 0 Å². The van der Waals surface area contributed by atoms with Crippen LogP contribution in [0.4, 0.5) is 5.82 Å². The summed E-state index contributed by atoms with van der Waals surface area (Å²) in [6, 6.07) is 0. The smallest absolute Gasteiger partial charge is 0.147 e. The fourth-order valence-corrected chi connectivity index (χ4v) is 3.34. The summed E-state index contributed by atoms with van der Waals surface area (Å²) in [5, 5.41) is 6.89. The molecule has 1 saturated carbocycles. The zero-order valence-corrected chi connectivity index (χ0v) is 10.0. The predicted molar refractivity (Wildman–Crippen MR) is 60.3 cm³/mol. The van der Waals surface area contributed by atoms with Crippen LogP contribution in [-0.2, 0) is 11.0 Å². The summed E-state index contributed by atoms with van der Waals surface area (Å²) in [6.07, 6.45) is 6.16. The van der Waals surface area contributed by atoms with Crippen molar-refractivity contribution >= 4 is 32.7 Å². The number of hydrogen-bond acceptors (Lipinski definition) is 2. The molecule has 0 aromatic carbocycles. The molecule has 0 bridgehead atoms. The van der Waals surface area contributed by atoms with E-state index in [2.05, 4.69) is 30.8 Å². The van der Waals surface area contributed by atoms with Gasteiger partial charge >= 0.3 is 0 Å². The number of anilines is 1. The van der Waals surface area contributed by atoms with Gasteiger partial charge in [0.1, 0.15) is 16.8 Å². The van der Waals surface area contributed by atoms with E-state index in [4.69, 9.17) is 0 Å². The Morgan fingerprint density at radius 3 is 2.86 bits per heavy atom. The van der Waals surface area contributed by atoms with Crippen molar-refractivity contribution in [2.75, 3.05) is 4.72 Å². The summed E-state index contributed by atoms with van der Waals surface area (Å²) in [7, 11) is -0.986. The first-order valence-electron chi connectivity index (χ1n) is 4.63. The molecular weight excluding hydrogens is 266 g/mol. The van der Waals surface area contributed by atoms with E-state index >= 15 is 0 Å².